The third kappa shape index (κ3) is 5.59. The molecule has 0 saturated heterocycles. The zero-order chi connectivity index (χ0) is 14.3. The average Bonchev–Trinajstić information content (AvgIpc) is 2.36. The number of rotatable bonds is 8. The third-order valence-corrected chi connectivity index (χ3v) is 4.10. The molecule has 108 valence electrons. The summed E-state index contributed by atoms with van der Waals surface area (Å²) in [6, 6.07) is 6.79. The van der Waals surface area contributed by atoms with Gasteiger partial charge in [0.15, 0.2) is 0 Å². The van der Waals surface area contributed by atoms with E-state index < -0.39 is 10.0 Å². The lowest BCUT2D eigenvalue weighted by Gasteiger charge is -2.11. The molecule has 1 rings (SSSR count). The fraction of sp³-hybridized carbons (Fsp3) is 0.538. The Morgan fingerprint density at radius 1 is 1.16 bits per heavy atom. The van der Waals surface area contributed by atoms with E-state index in [1.54, 1.807) is 24.3 Å². The summed E-state index contributed by atoms with van der Waals surface area (Å²) in [6.45, 7) is 4.13. The van der Waals surface area contributed by atoms with E-state index >= 15 is 0 Å². The van der Waals surface area contributed by atoms with Crippen molar-refractivity contribution in [2.45, 2.75) is 18.2 Å². The van der Waals surface area contributed by atoms with Gasteiger partial charge in [0.25, 0.3) is 0 Å². The van der Waals surface area contributed by atoms with Gasteiger partial charge in [-0.1, -0.05) is 0 Å². The van der Waals surface area contributed by atoms with Gasteiger partial charge in [0.05, 0.1) is 4.90 Å². The van der Waals surface area contributed by atoms with Crippen LogP contribution in [0.1, 0.15) is 13.3 Å². The Morgan fingerprint density at radius 3 is 2.32 bits per heavy atom. The smallest absolute Gasteiger partial charge is 0.240 e. The van der Waals surface area contributed by atoms with Gasteiger partial charge in [-0.3, -0.25) is 0 Å². The minimum Gasteiger partial charge on any atom is -0.385 e. The van der Waals surface area contributed by atoms with E-state index in [9.17, 15) is 8.42 Å². The molecule has 1 aromatic carbocycles. The van der Waals surface area contributed by atoms with Crippen LogP contribution >= 0.6 is 0 Å². The van der Waals surface area contributed by atoms with Crippen LogP contribution < -0.4 is 10.0 Å². The van der Waals surface area contributed by atoms with Crippen LogP contribution in [-0.4, -0.2) is 47.0 Å². The summed E-state index contributed by atoms with van der Waals surface area (Å²) < 4.78 is 26.6. The Bertz CT molecular complexity index is 469. The topological polar surface area (TPSA) is 61.4 Å². The lowest BCUT2D eigenvalue weighted by Crippen LogP contribution is -2.27. The van der Waals surface area contributed by atoms with E-state index in [1.165, 1.54) is 0 Å². The van der Waals surface area contributed by atoms with Gasteiger partial charge < -0.3 is 10.2 Å². The first-order valence-corrected chi connectivity index (χ1v) is 7.92. The first kappa shape index (κ1) is 15.9. The van der Waals surface area contributed by atoms with Gasteiger partial charge in [-0.15, -0.1) is 0 Å². The van der Waals surface area contributed by atoms with Gasteiger partial charge >= 0.3 is 0 Å². The molecule has 0 fully saturated rings. The van der Waals surface area contributed by atoms with E-state index in [4.69, 9.17) is 0 Å². The quantitative estimate of drug-likeness (QED) is 0.708. The fourth-order valence-electron chi connectivity index (χ4n) is 1.64. The summed E-state index contributed by atoms with van der Waals surface area (Å²) >= 11 is 0. The largest absolute Gasteiger partial charge is 0.385 e. The van der Waals surface area contributed by atoms with Crippen molar-refractivity contribution < 1.29 is 8.42 Å². The molecule has 0 saturated carbocycles. The highest BCUT2D eigenvalue weighted by molar-refractivity contribution is 7.89. The van der Waals surface area contributed by atoms with Crippen molar-refractivity contribution in [1.82, 2.24) is 9.62 Å². The fourth-order valence-corrected chi connectivity index (χ4v) is 2.72. The maximum Gasteiger partial charge on any atom is 0.240 e. The Balaban J connectivity index is 2.56. The molecule has 2 N–H and O–H groups in total. The highest BCUT2D eigenvalue weighted by atomic mass is 32.2. The zero-order valence-electron chi connectivity index (χ0n) is 11.8. The van der Waals surface area contributed by atoms with Crippen LogP contribution in [0.3, 0.4) is 0 Å². The summed E-state index contributed by atoms with van der Waals surface area (Å²) in [6.07, 6.45) is 0.793. The molecule has 0 aliphatic heterocycles. The van der Waals surface area contributed by atoms with Gasteiger partial charge in [-0.2, -0.15) is 0 Å². The lowest BCUT2D eigenvalue weighted by atomic mass is 10.3. The number of benzene rings is 1. The monoisotopic (exact) mass is 285 g/mol. The number of anilines is 1. The summed E-state index contributed by atoms with van der Waals surface area (Å²) in [5.74, 6) is 0. The molecule has 0 unspecified atom stereocenters. The first-order chi connectivity index (χ1) is 8.95. The van der Waals surface area contributed by atoms with Crippen LogP contribution in [0.2, 0.25) is 0 Å². The normalized spacial score (nSPS) is 11.8. The number of hydrogen-bond donors (Lipinski definition) is 2. The van der Waals surface area contributed by atoms with Crippen molar-refractivity contribution in [2.24, 2.45) is 0 Å². The molecule has 0 atom stereocenters. The SMILES string of the molecule is CCNc1ccc(S(=O)(=O)NCCCN(C)C)cc1. The van der Waals surface area contributed by atoms with E-state index in [0.29, 0.717) is 11.4 Å². The molecule has 1 aromatic rings. The van der Waals surface area contributed by atoms with Gasteiger partial charge in [0.1, 0.15) is 0 Å². The second-order valence-electron chi connectivity index (χ2n) is 4.61. The zero-order valence-corrected chi connectivity index (χ0v) is 12.6. The maximum atomic E-state index is 12.0. The van der Waals surface area contributed by atoms with E-state index in [0.717, 1.165) is 25.2 Å². The number of hydrogen-bond acceptors (Lipinski definition) is 4. The van der Waals surface area contributed by atoms with Crippen LogP contribution in [0.25, 0.3) is 0 Å². The second kappa shape index (κ2) is 7.47. The molecule has 0 aliphatic rings. The minimum absolute atomic E-state index is 0.305. The molecule has 0 bridgehead atoms. The first-order valence-electron chi connectivity index (χ1n) is 6.44. The highest BCUT2D eigenvalue weighted by Gasteiger charge is 2.12. The van der Waals surface area contributed by atoms with Crippen LogP contribution in [0.15, 0.2) is 29.2 Å². The summed E-state index contributed by atoms with van der Waals surface area (Å²) in [4.78, 5) is 2.33. The van der Waals surface area contributed by atoms with E-state index in [2.05, 4.69) is 10.0 Å². The molecule has 0 spiro atoms. The number of nitrogens with one attached hydrogen (secondary N) is 2. The molecule has 0 heterocycles. The van der Waals surface area contributed by atoms with Crippen molar-refractivity contribution >= 4 is 15.7 Å². The van der Waals surface area contributed by atoms with Gasteiger partial charge in [-0.25, -0.2) is 13.1 Å². The minimum atomic E-state index is -3.39. The molecule has 0 radical (unpaired) electrons. The molecule has 6 heteroatoms. The molecule has 0 amide bonds. The predicted molar refractivity (Wildman–Crippen MR) is 79.0 cm³/mol. The summed E-state index contributed by atoms with van der Waals surface area (Å²) in [5, 5.41) is 3.13. The van der Waals surface area contributed by atoms with Gasteiger partial charge in [0.2, 0.25) is 10.0 Å². The molecular weight excluding hydrogens is 262 g/mol. The van der Waals surface area contributed by atoms with Crippen molar-refractivity contribution in [3.8, 4) is 0 Å². The highest BCUT2D eigenvalue weighted by Crippen LogP contribution is 2.13. The maximum absolute atomic E-state index is 12.0. The Hall–Kier alpha value is -1.11. The van der Waals surface area contributed by atoms with Crippen LogP contribution in [0.5, 0.6) is 0 Å². The van der Waals surface area contributed by atoms with Crippen molar-refractivity contribution in [1.29, 1.82) is 0 Å². The standard InChI is InChI=1S/C13H23N3O2S/c1-4-14-12-6-8-13(9-7-12)19(17,18)15-10-5-11-16(2)3/h6-9,14-15H,4-5,10-11H2,1-3H3. The molecule has 5 nitrogen and oxygen atoms in total. The van der Waals surface area contributed by atoms with Gasteiger partial charge in [-0.05, 0) is 58.3 Å². The van der Waals surface area contributed by atoms with Crippen molar-refractivity contribution in [2.75, 3.05) is 39.0 Å². The third-order valence-electron chi connectivity index (χ3n) is 2.62. The summed E-state index contributed by atoms with van der Waals surface area (Å²) in [5.41, 5.74) is 0.925. The average molecular weight is 285 g/mol. The molecular formula is C13H23N3O2S. The van der Waals surface area contributed by atoms with E-state index in [-0.39, 0.29) is 0 Å². The Morgan fingerprint density at radius 2 is 1.79 bits per heavy atom. The van der Waals surface area contributed by atoms with Crippen LogP contribution in [-0.2, 0) is 10.0 Å². The molecule has 19 heavy (non-hydrogen) atoms. The van der Waals surface area contributed by atoms with Crippen molar-refractivity contribution in [3.63, 3.8) is 0 Å². The second-order valence-corrected chi connectivity index (χ2v) is 6.38. The Kier molecular flexibility index (Phi) is 6.27. The Labute approximate surface area is 116 Å². The lowest BCUT2D eigenvalue weighted by molar-refractivity contribution is 0.400. The van der Waals surface area contributed by atoms with Crippen LogP contribution in [0.4, 0.5) is 5.69 Å². The van der Waals surface area contributed by atoms with Crippen LogP contribution in [0, 0.1) is 0 Å². The number of sulfonamides is 1. The van der Waals surface area contributed by atoms with Gasteiger partial charge in [0, 0.05) is 18.8 Å². The molecule has 0 aromatic heterocycles. The van der Waals surface area contributed by atoms with Crippen molar-refractivity contribution in [3.05, 3.63) is 24.3 Å². The molecule has 0 aliphatic carbocycles. The van der Waals surface area contributed by atoms with E-state index in [1.807, 2.05) is 25.9 Å². The summed E-state index contributed by atoms with van der Waals surface area (Å²) in [7, 11) is 0.546. The number of nitrogens with zero attached hydrogens (tertiary/aromatic N) is 1. The predicted octanol–water partition coefficient (Wildman–Crippen LogP) is 1.35.